The van der Waals surface area contributed by atoms with Crippen LogP contribution in [0.1, 0.15) is 48.3 Å². The fourth-order valence-corrected chi connectivity index (χ4v) is 3.36. The maximum absolute atomic E-state index is 12.2. The number of nitrogens with two attached hydrogens (primary N) is 1. The van der Waals surface area contributed by atoms with Crippen molar-refractivity contribution < 1.29 is 4.79 Å². The molecule has 0 aliphatic heterocycles. The molecule has 1 aromatic heterocycles. The van der Waals surface area contributed by atoms with E-state index in [-0.39, 0.29) is 5.91 Å². The number of thiophene rings is 1. The Morgan fingerprint density at radius 2 is 2.25 bits per heavy atom. The molecule has 0 bridgehead atoms. The lowest BCUT2D eigenvalue weighted by Gasteiger charge is -2.32. The summed E-state index contributed by atoms with van der Waals surface area (Å²) in [6.45, 7) is 4.91. The second kappa shape index (κ2) is 6.92. The van der Waals surface area contributed by atoms with Gasteiger partial charge in [0.1, 0.15) is 0 Å². The lowest BCUT2D eigenvalue weighted by molar-refractivity contribution is 0.0911. The quantitative estimate of drug-likeness (QED) is 0.823. The van der Waals surface area contributed by atoms with E-state index in [1.165, 1.54) is 17.8 Å². The van der Waals surface area contributed by atoms with Crippen molar-refractivity contribution in [3.8, 4) is 11.8 Å². The SMILES string of the molecule is CC1CCC(NC(=O)c2csc(C#CCN)c2)CC1C. The van der Waals surface area contributed by atoms with Gasteiger partial charge < -0.3 is 11.1 Å². The highest BCUT2D eigenvalue weighted by Crippen LogP contribution is 2.29. The Balaban J connectivity index is 1.93. The van der Waals surface area contributed by atoms with Crippen LogP contribution in [-0.2, 0) is 0 Å². The third-order valence-electron chi connectivity index (χ3n) is 4.11. The molecule has 0 radical (unpaired) electrons. The second-order valence-electron chi connectivity index (χ2n) is 5.64. The van der Waals surface area contributed by atoms with Crippen molar-refractivity contribution in [1.29, 1.82) is 0 Å². The van der Waals surface area contributed by atoms with Gasteiger partial charge in [-0.3, -0.25) is 4.79 Å². The molecule has 0 aromatic carbocycles. The molecule has 1 amide bonds. The molecule has 20 heavy (non-hydrogen) atoms. The smallest absolute Gasteiger partial charge is 0.252 e. The van der Waals surface area contributed by atoms with E-state index in [0.29, 0.717) is 24.1 Å². The van der Waals surface area contributed by atoms with Crippen molar-refractivity contribution in [2.45, 2.75) is 39.2 Å². The number of hydrogen-bond acceptors (Lipinski definition) is 3. The summed E-state index contributed by atoms with van der Waals surface area (Å²) in [5, 5.41) is 5.02. The average Bonchev–Trinajstić information content (AvgIpc) is 2.89. The summed E-state index contributed by atoms with van der Waals surface area (Å²) in [5.74, 6) is 7.24. The first-order valence-corrected chi connectivity index (χ1v) is 8.06. The van der Waals surface area contributed by atoms with Crippen LogP contribution in [0.4, 0.5) is 0 Å². The molecule has 4 heteroatoms. The first kappa shape index (κ1) is 15.1. The molecule has 1 aromatic rings. The molecule has 0 spiro atoms. The summed E-state index contributed by atoms with van der Waals surface area (Å²) in [5.41, 5.74) is 6.05. The first-order chi connectivity index (χ1) is 9.60. The zero-order valence-electron chi connectivity index (χ0n) is 12.1. The van der Waals surface area contributed by atoms with Crippen LogP contribution in [0.3, 0.4) is 0 Å². The summed E-state index contributed by atoms with van der Waals surface area (Å²) in [6, 6.07) is 2.16. The lowest BCUT2D eigenvalue weighted by atomic mass is 9.79. The molecule has 1 aliphatic carbocycles. The molecule has 1 fully saturated rings. The molecule has 1 saturated carbocycles. The van der Waals surface area contributed by atoms with Crippen molar-refractivity contribution in [2.75, 3.05) is 6.54 Å². The number of carbonyl (C=O) groups is 1. The molecule has 3 N–H and O–H groups in total. The fourth-order valence-electron chi connectivity index (χ4n) is 2.61. The predicted molar refractivity (Wildman–Crippen MR) is 83.7 cm³/mol. The summed E-state index contributed by atoms with van der Waals surface area (Å²) in [4.78, 5) is 13.1. The van der Waals surface area contributed by atoms with Crippen molar-refractivity contribution in [3.63, 3.8) is 0 Å². The van der Waals surface area contributed by atoms with E-state index in [1.54, 1.807) is 0 Å². The maximum atomic E-state index is 12.2. The van der Waals surface area contributed by atoms with Gasteiger partial charge in [-0.1, -0.05) is 25.7 Å². The van der Waals surface area contributed by atoms with Crippen LogP contribution in [0.15, 0.2) is 11.4 Å². The van der Waals surface area contributed by atoms with Crippen LogP contribution in [-0.4, -0.2) is 18.5 Å². The Bertz CT molecular complexity index is 526. The monoisotopic (exact) mass is 290 g/mol. The summed E-state index contributed by atoms with van der Waals surface area (Å²) in [7, 11) is 0. The standard InChI is InChI=1S/C16H22N2OS/c1-11-5-6-14(8-12(11)2)18-16(19)13-9-15(20-10-13)4-3-7-17/h9-12,14H,5-8,17H2,1-2H3,(H,18,19). The van der Waals surface area contributed by atoms with Crippen LogP contribution in [0, 0.1) is 23.7 Å². The highest BCUT2D eigenvalue weighted by molar-refractivity contribution is 7.10. The largest absolute Gasteiger partial charge is 0.349 e. The summed E-state index contributed by atoms with van der Waals surface area (Å²) in [6.07, 6.45) is 3.36. The predicted octanol–water partition coefficient (Wildman–Crippen LogP) is 2.61. The van der Waals surface area contributed by atoms with Gasteiger partial charge in [0.15, 0.2) is 0 Å². The van der Waals surface area contributed by atoms with Crippen LogP contribution < -0.4 is 11.1 Å². The van der Waals surface area contributed by atoms with Gasteiger partial charge in [0.25, 0.3) is 5.91 Å². The van der Waals surface area contributed by atoms with E-state index in [2.05, 4.69) is 31.0 Å². The number of amides is 1. The van der Waals surface area contributed by atoms with Gasteiger partial charge in [0, 0.05) is 11.4 Å². The third-order valence-corrected chi connectivity index (χ3v) is 4.95. The Kier molecular flexibility index (Phi) is 5.22. The Morgan fingerprint density at radius 3 is 2.95 bits per heavy atom. The van der Waals surface area contributed by atoms with Crippen LogP contribution in [0.25, 0.3) is 0 Å². The van der Waals surface area contributed by atoms with E-state index in [4.69, 9.17) is 5.73 Å². The van der Waals surface area contributed by atoms with Crippen molar-refractivity contribution in [3.05, 3.63) is 21.9 Å². The Labute approximate surface area is 124 Å². The first-order valence-electron chi connectivity index (χ1n) is 7.18. The topological polar surface area (TPSA) is 55.1 Å². The number of carbonyl (C=O) groups excluding carboxylic acids is 1. The maximum Gasteiger partial charge on any atom is 0.252 e. The van der Waals surface area contributed by atoms with Gasteiger partial charge >= 0.3 is 0 Å². The Morgan fingerprint density at radius 1 is 1.45 bits per heavy atom. The van der Waals surface area contributed by atoms with E-state index >= 15 is 0 Å². The average molecular weight is 290 g/mol. The molecule has 3 atom stereocenters. The molecule has 2 rings (SSSR count). The second-order valence-corrected chi connectivity index (χ2v) is 6.55. The zero-order chi connectivity index (χ0) is 14.5. The van der Waals surface area contributed by atoms with E-state index < -0.39 is 0 Å². The molecule has 3 unspecified atom stereocenters. The van der Waals surface area contributed by atoms with E-state index in [9.17, 15) is 4.79 Å². The van der Waals surface area contributed by atoms with Gasteiger partial charge in [-0.2, -0.15) is 0 Å². The van der Waals surface area contributed by atoms with Gasteiger partial charge in [-0.25, -0.2) is 0 Å². The molecule has 1 aliphatic rings. The highest BCUT2D eigenvalue weighted by atomic mass is 32.1. The normalized spacial score (nSPS) is 25.6. The summed E-state index contributed by atoms with van der Waals surface area (Å²) >= 11 is 1.49. The van der Waals surface area contributed by atoms with E-state index in [0.717, 1.165) is 23.6 Å². The summed E-state index contributed by atoms with van der Waals surface area (Å²) < 4.78 is 0. The number of nitrogens with one attached hydrogen (secondary N) is 1. The van der Waals surface area contributed by atoms with Crippen molar-refractivity contribution in [1.82, 2.24) is 5.32 Å². The van der Waals surface area contributed by atoms with Crippen molar-refractivity contribution in [2.24, 2.45) is 17.6 Å². The minimum atomic E-state index is 0.0220. The molecular weight excluding hydrogens is 268 g/mol. The fraction of sp³-hybridized carbons (Fsp3) is 0.562. The molecule has 3 nitrogen and oxygen atoms in total. The Hall–Kier alpha value is -1.31. The molecule has 108 valence electrons. The number of hydrogen-bond donors (Lipinski definition) is 2. The van der Waals surface area contributed by atoms with Crippen molar-refractivity contribution >= 4 is 17.2 Å². The minimum Gasteiger partial charge on any atom is -0.349 e. The van der Waals surface area contributed by atoms with E-state index in [1.807, 2.05) is 11.4 Å². The number of rotatable bonds is 2. The van der Waals surface area contributed by atoms with Gasteiger partial charge in [-0.15, -0.1) is 11.3 Å². The molecule has 1 heterocycles. The minimum absolute atomic E-state index is 0.0220. The van der Waals surface area contributed by atoms with Crippen LogP contribution in [0.2, 0.25) is 0 Å². The van der Waals surface area contributed by atoms with Crippen LogP contribution in [0.5, 0.6) is 0 Å². The van der Waals surface area contributed by atoms with Gasteiger partial charge in [-0.05, 0) is 37.2 Å². The van der Waals surface area contributed by atoms with Gasteiger partial charge in [0.2, 0.25) is 0 Å². The molecular formula is C16H22N2OS. The van der Waals surface area contributed by atoms with Gasteiger partial charge in [0.05, 0.1) is 17.0 Å². The highest BCUT2D eigenvalue weighted by Gasteiger charge is 2.25. The lowest BCUT2D eigenvalue weighted by Crippen LogP contribution is -2.39. The molecule has 0 saturated heterocycles. The van der Waals surface area contributed by atoms with Crippen LogP contribution >= 0.6 is 11.3 Å². The zero-order valence-corrected chi connectivity index (χ0v) is 12.9. The third kappa shape index (κ3) is 3.84.